The smallest absolute Gasteiger partial charge is 0.231 e. The highest BCUT2D eigenvalue weighted by Crippen LogP contribution is 2.53. The summed E-state index contributed by atoms with van der Waals surface area (Å²) in [5.41, 5.74) is 1.63. The number of thioether (sulfide) groups is 1. The van der Waals surface area contributed by atoms with E-state index in [0.717, 1.165) is 26.7 Å². The number of methoxy groups -OCH3 is 2. The molecular formula is C16H16O4S2. The number of ether oxygens (including phenoxy) is 4. The van der Waals surface area contributed by atoms with Crippen LogP contribution in [0, 0.1) is 0 Å². The first-order valence-corrected chi connectivity index (χ1v) is 8.29. The average molecular weight is 336 g/mol. The summed E-state index contributed by atoms with van der Waals surface area (Å²) in [6.45, 7) is 0.114. The maximum absolute atomic E-state index is 5.76. The zero-order valence-corrected chi connectivity index (χ0v) is 14.2. The van der Waals surface area contributed by atoms with Crippen LogP contribution in [0.25, 0.3) is 11.1 Å². The van der Waals surface area contributed by atoms with Crippen molar-refractivity contribution in [2.75, 3.05) is 27.3 Å². The predicted molar refractivity (Wildman–Crippen MR) is 90.1 cm³/mol. The molecule has 0 atom stereocenters. The first kappa shape index (κ1) is 15.2. The van der Waals surface area contributed by atoms with Crippen LogP contribution in [0.4, 0.5) is 0 Å². The Morgan fingerprint density at radius 1 is 1.14 bits per heavy atom. The Bertz CT molecular complexity index is 716. The molecule has 0 amide bonds. The zero-order chi connectivity index (χ0) is 15.7. The molecule has 4 nitrogen and oxygen atoms in total. The lowest BCUT2D eigenvalue weighted by Gasteiger charge is -2.18. The van der Waals surface area contributed by atoms with Crippen molar-refractivity contribution in [2.45, 2.75) is 9.79 Å². The van der Waals surface area contributed by atoms with Crippen LogP contribution in [0.5, 0.6) is 23.0 Å². The lowest BCUT2D eigenvalue weighted by atomic mass is 10.0. The molecule has 0 aromatic heterocycles. The van der Waals surface area contributed by atoms with Crippen molar-refractivity contribution in [3.63, 3.8) is 0 Å². The van der Waals surface area contributed by atoms with Gasteiger partial charge in [-0.25, -0.2) is 0 Å². The topological polar surface area (TPSA) is 36.9 Å². The van der Waals surface area contributed by atoms with Gasteiger partial charge in [0.25, 0.3) is 0 Å². The van der Waals surface area contributed by atoms with Crippen LogP contribution < -0.4 is 18.9 Å². The van der Waals surface area contributed by atoms with Gasteiger partial charge in [-0.3, -0.25) is 0 Å². The molecule has 0 saturated carbocycles. The molecule has 3 rings (SSSR count). The molecule has 2 aromatic carbocycles. The van der Waals surface area contributed by atoms with E-state index in [4.69, 9.17) is 18.9 Å². The second-order valence-corrected chi connectivity index (χ2v) is 5.91. The number of rotatable bonds is 3. The summed E-state index contributed by atoms with van der Waals surface area (Å²) < 4.78 is 22.6. The predicted octanol–water partition coefficient (Wildman–Crippen LogP) is 4.11. The van der Waals surface area contributed by atoms with Crippen molar-refractivity contribution < 1.29 is 18.9 Å². The number of hydrogen-bond acceptors (Lipinski definition) is 6. The third-order valence-electron chi connectivity index (χ3n) is 3.48. The summed E-state index contributed by atoms with van der Waals surface area (Å²) in [6.07, 6.45) is 1.99. The van der Waals surface area contributed by atoms with Gasteiger partial charge < -0.3 is 18.9 Å². The SMILES string of the molecule is COc1cccc2c1-c1c(c(S)cc(SC)c1OC)OCO2. The highest BCUT2D eigenvalue weighted by molar-refractivity contribution is 7.98. The molecule has 0 unspecified atom stereocenters. The van der Waals surface area contributed by atoms with Crippen molar-refractivity contribution in [3.8, 4) is 34.1 Å². The fraction of sp³-hybridized carbons (Fsp3) is 0.250. The Balaban J connectivity index is 2.42. The van der Waals surface area contributed by atoms with Crippen LogP contribution in [0.1, 0.15) is 0 Å². The van der Waals surface area contributed by atoms with Crippen LogP contribution in [-0.4, -0.2) is 27.3 Å². The van der Waals surface area contributed by atoms with Gasteiger partial charge in [-0.05, 0) is 24.5 Å². The van der Waals surface area contributed by atoms with Crippen molar-refractivity contribution in [2.24, 2.45) is 0 Å². The molecule has 1 aliphatic heterocycles. The van der Waals surface area contributed by atoms with E-state index in [1.807, 2.05) is 30.5 Å². The van der Waals surface area contributed by atoms with Gasteiger partial charge in [-0.15, -0.1) is 24.4 Å². The van der Waals surface area contributed by atoms with Gasteiger partial charge in [-0.1, -0.05) is 6.07 Å². The minimum absolute atomic E-state index is 0.114. The van der Waals surface area contributed by atoms with Gasteiger partial charge in [-0.2, -0.15) is 0 Å². The maximum Gasteiger partial charge on any atom is 0.231 e. The molecule has 0 bridgehead atoms. The second kappa shape index (κ2) is 6.22. The normalized spacial score (nSPS) is 12.4. The zero-order valence-electron chi connectivity index (χ0n) is 12.5. The van der Waals surface area contributed by atoms with E-state index in [1.54, 1.807) is 26.0 Å². The molecule has 1 aliphatic rings. The van der Waals surface area contributed by atoms with E-state index < -0.39 is 0 Å². The Morgan fingerprint density at radius 3 is 2.64 bits per heavy atom. The van der Waals surface area contributed by atoms with E-state index in [1.165, 1.54) is 0 Å². The Kier molecular flexibility index (Phi) is 4.31. The summed E-state index contributed by atoms with van der Waals surface area (Å²) in [5, 5.41) is 0. The van der Waals surface area contributed by atoms with Crippen LogP contribution in [0.15, 0.2) is 34.1 Å². The van der Waals surface area contributed by atoms with Crippen LogP contribution >= 0.6 is 24.4 Å². The highest BCUT2D eigenvalue weighted by atomic mass is 32.2. The summed E-state index contributed by atoms with van der Waals surface area (Å²) >= 11 is 6.15. The average Bonchev–Trinajstić information content (AvgIpc) is 2.74. The molecule has 0 spiro atoms. The summed E-state index contributed by atoms with van der Waals surface area (Å²) in [7, 11) is 3.28. The Labute approximate surface area is 139 Å². The Hall–Kier alpha value is -1.66. The van der Waals surface area contributed by atoms with Gasteiger partial charge in [0.1, 0.15) is 23.0 Å². The number of thiol groups is 1. The van der Waals surface area contributed by atoms with E-state index in [2.05, 4.69) is 12.6 Å². The summed E-state index contributed by atoms with van der Waals surface area (Å²) in [4.78, 5) is 1.72. The first-order valence-electron chi connectivity index (χ1n) is 6.62. The molecule has 22 heavy (non-hydrogen) atoms. The summed E-state index contributed by atoms with van der Waals surface area (Å²) in [5.74, 6) is 2.77. The van der Waals surface area contributed by atoms with E-state index in [9.17, 15) is 0 Å². The summed E-state index contributed by atoms with van der Waals surface area (Å²) in [6, 6.07) is 7.60. The number of hydrogen-bond donors (Lipinski definition) is 1. The molecule has 1 heterocycles. The van der Waals surface area contributed by atoms with Gasteiger partial charge >= 0.3 is 0 Å². The van der Waals surface area contributed by atoms with Crippen LogP contribution in [0.2, 0.25) is 0 Å². The van der Waals surface area contributed by atoms with Gasteiger partial charge in [0.2, 0.25) is 6.79 Å². The third-order valence-corrected chi connectivity index (χ3v) is 4.55. The van der Waals surface area contributed by atoms with Crippen molar-refractivity contribution in [1.82, 2.24) is 0 Å². The largest absolute Gasteiger partial charge is 0.496 e. The number of fused-ring (bicyclic) bond motifs is 3. The molecule has 116 valence electrons. The van der Waals surface area contributed by atoms with Gasteiger partial charge in [0.05, 0.1) is 30.2 Å². The molecule has 6 heteroatoms. The minimum Gasteiger partial charge on any atom is -0.496 e. The minimum atomic E-state index is 0.114. The molecule has 2 aromatic rings. The van der Waals surface area contributed by atoms with Crippen molar-refractivity contribution in [1.29, 1.82) is 0 Å². The van der Waals surface area contributed by atoms with Crippen molar-refractivity contribution >= 4 is 24.4 Å². The fourth-order valence-corrected chi connectivity index (χ4v) is 3.54. The standard InChI is InChI=1S/C16H16O4S2/c1-17-9-5-4-6-10-13(9)14-15(20-8-19-10)11(21)7-12(22-3)16(14)18-2/h4-7,21H,8H2,1-3H3. The molecule has 0 radical (unpaired) electrons. The molecule has 0 fully saturated rings. The first-order chi connectivity index (χ1) is 10.7. The molecule has 0 aliphatic carbocycles. The molecular weight excluding hydrogens is 320 g/mol. The van der Waals surface area contributed by atoms with Crippen LogP contribution in [0.3, 0.4) is 0 Å². The van der Waals surface area contributed by atoms with E-state index >= 15 is 0 Å². The van der Waals surface area contributed by atoms with Crippen molar-refractivity contribution in [3.05, 3.63) is 24.3 Å². The lowest BCUT2D eigenvalue weighted by molar-refractivity contribution is 0.121. The van der Waals surface area contributed by atoms with E-state index in [-0.39, 0.29) is 6.79 Å². The maximum atomic E-state index is 5.76. The van der Waals surface area contributed by atoms with Gasteiger partial charge in [0, 0.05) is 4.90 Å². The monoisotopic (exact) mass is 336 g/mol. The second-order valence-electron chi connectivity index (χ2n) is 4.58. The molecule has 0 N–H and O–H groups in total. The third kappa shape index (κ3) is 2.36. The molecule has 0 saturated heterocycles. The quantitative estimate of drug-likeness (QED) is 0.674. The Morgan fingerprint density at radius 2 is 1.95 bits per heavy atom. The highest BCUT2D eigenvalue weighted by Gasteiger charge is 2.28. The van der Waals surface area contributed by atoms with E-state index in [0.29, 0.717) is 17.2 Å². The lowest BCUT2D eigenvalue weighted by Crippen LogP contribution is -2.04. The van der Waals surface area contributed by atoms with Crippen LogP contribution in [-0.2, 0) is 0 Å². The number of benzene rings is 2. The van der Waals surface area contributed by atoms with Gasteiger partial charge in [0.15, 0.2) is 0 Å². The fourth-order valence-electron chi connectivity index (χ4n) is 2.54.